The number of rotatable bonds is 7. The van der Waals surface area contributed by atoms with Gasteiger partial charge in [0.25, 0.3) is 0 Å². The monoisotopic (exact) mass is 434 g/mol. The smallest absolute Gasteiger partial charge is 0.232 e. The fourth-order valence-corrected chi connectivity index (χ4v) is 5.07. The summed E-state index contributed by atoms with van der Waals surface area (Å²) in [5.41, 5.74) is 3.76. The van der Waals surface area contributed by atoms with Crippen molar-refractivity contribution in [3.8, 4) is 0 Å². The fourth-order valence-electron chi connectivity index (χ4n) is 3.88. The molecule has 1 atom stereocenters. The van der Waals surface area contributed by atoms with Gasteiger partial charge in [0, 0.05) is 18.0 Å². The maximum Gasteiger partial charge on any atom is 0.232 e. The second-order valence-corrected chi connectivity index (χ2v) is 9.85. The third kappa shape index (κ3) is 5.31. The number of nitrogens with zero attached hydrogens (tertiary/aromatic N) is 1. The van der Waals surface area contributed by atoms with Crippen molar-refractivity contribution >= 4 is 33.2 Å². The highest BCUT2D eigenvalue weighted by atomic mass is 35.5. The van der Waals surface area contributed by atoms with Crippen LogP contribution in [0.1, 0.15) is 48.4 Å². The van der Waals surface area contributed by atoms with E-state index in [4.69, 9.17) is 11.6 Å². The zero-order valence-corrected chi connectivity index (χ0v) is 18.4. The van der Waals surface area contributed by atoms with Gasteiger partial charge >= 0.3 is 0 Å². The molecule has 0 unspecified atom stereocenters. The third-order valence-corrected chi connectivity index (χ3v) is 6.97. The molecule has 7 heteroatoms. The molecule has 0 spiro atoms. The van der Waals surface area contributed by atoms with E-state index in [1.807, 2.05) is 12.1 Å². The maximum absolute atomic E-state index is 12.5. The fraction of sp³-hybridized carbons (Fsp3) is 0.409. The van der Waals surface area contributed by atoms with Crippen molar-refractivity contribution in [3.05, 3.63) is 64.2 Å². The van der Waals surface area contributed by atoms with Crippen molar-refractivity contribution in [1.29, 1.82) is 0 Å². The molecule has 156 valence electrons. The number of hydrogen-bond acceptors (Lipinski definition) is 3. The lowest BCUT2D eigenvalue weighted by molar-refractivity contribution is -0.122. The Morgan fingerprint density at radius 2 is 1.97 bits per heavy atom. The average Bonchev–Trinajstić information content (AvgIpc) is 2.67. The Kier molecular flexibility index (Phi) is 6.85. The number of benzene rings is 2. The standard InChI is InChI=1S/C22H27ClN2O3S/c1-16-19(23)11-6-13-21(16)25(29(2,27)28)15-7-14-22(26)24-20-12-5-9-17-8-3-4-10-18(17)20/h3-4,6,8,10-11,13,20H,5,7,9,12,14-15H2,1-2H3,(H,24,26)/t20-/m1/s1. The topological polar surface area (TPSA) is 66.5 Å². The van der Waals surface area contributed by atoms with E-state index in [1.54, 1.807) is 25.1 Å². The number of halogens is 1. The van der Waals surface area contributed by atoms with Crippen LogP contribution < -0.4 is 9.62 Å². The molecule has 0 bridgehead atoms. The van der Waals surface area contributed by atoms with Crippen LogP contribution in [0, 0.1) is 6.92 Å². The van der Waals surface area contributed by atoms with Crippen LogP contribution in [0.25, 0.3) is 0 Å². The summed E-state index contributed by atoms with van der Waals surface area (Å²) < 4.78 is 25.9. The van der Waals surface area contributed by atoms with Crippen molar-refractivity contribution in [1.82, 2.24) is 5.32 Å². The SMILES string of the molecule is Cc1c(Cl)cccc1N(CCCC(=O)N[C@@H]1CCCc2ccccc21)S(C)(=O)=O. The Hall–Kier alpha value is -2.05. The van der Waals surface area contributed by atoms with Crippen molar-refractivity contribution in [2.45, 2.75) is 45.1 Å². The van der Waals surface area contributed by atoms with Gasteiger partial charge in [0.2, 0.25) is 15.9 Å². The highest BCUT2D eigenvalue weighted by Gasteiger charge is 2.23. The van der Waals surface area contributed by atoms with Crippen LogP contribution >= 0.6 is 11.6 Å². The molecule has 5 nitrogen and oxygen atoms in total. The number of hydrogen-bond donors (Lipinski definition) is 1. The molecule has 3 rings (SSSR count). The molecule has 1 aliphatic carbocycles. The molecule has 0 saturated carbocycles. The highest BCUT2D eigenvalue weighted by molar-refractivity contribution is 7.92. The molecular weight excluding hydrogens is 408 g/mol. The lowest BCUT2D eigenvalue weighted by atomic mass is 9.87. The first-order valence-corrected chi connectivity index (χ1v) is 12.1. The summed E-state index contributed by atoms with van der Waals surface area (Å²) >= 11 is 6.16. The first-order valence-electron chi connectivity index (χ1n) is 9.87. The zero-order chi connectivity index (χ0) is 21.0. The van der Waals surface area contributed by atoms with Crippen LogP contribution in [0.5, 0.6) is 0 Å². The van der Waals surface area contributed by atoms with Crippen LogP contribution in [-0.2, 0) is 21.2 Å². The van der Waals surface area contributed by atoms with E-state index in [1.165, 1.54) is 21.7 Å². The lowest BCUT2D eigenvalue weighted by Crippen LogP contribution is -2.34. The zero-order valence-electron chi connectivity index (χ0n) is 16.8. The molecule has 1 aliphatic rings. The van der Waals surface area contributed by atoms with Crippen LogP contribution in [0.2, 0.25) is 5.02 Å². The average molecular weight is 435 g/mol. The number of nitrogens with one attached hydrogen (secondary N) is 1. The second kappa shape index (κ2) is 9.18. The van der Waals surface area contributed by atoms with Gasteiger partial charge in [-0.3, -0.25) is 9.10 Å². The van der Waals surface area contributed by atoms with E-state index >= 15 is 0 Å². The Morgan fingerprint density at radius 1 is 1.21 bits per heavy atom. The molecule has 2 aromatic rings. The van der Waals surface area contributed by atoms with Gasteiger partial charge in [0.1, 0.15) is 0 Å². The summed E-state index contributed by atoms with van der Waals surface area (Å²) in [4.78, 5) is 12.5. The molecule has 2 aromatic carbocycles. The number of carbonyl (C=O) groups is 1. The minimum Gasteiger partial charge on any atom is -0.349 e. The second-order valence-electron chi connectivity index (χ2n) is 7.53. The summed E-state index contributed by atoms with van der Waals surface area (Å²) in [7, 11) is -3.48. The summed E-state index contributed by atoms with van der Waals surface area (Å²) in [5.74, 6) is -0.0528. The molecule has 0 radical (unpaired) electrons. The first kappa shape index (κ1) is 21.7. The van der Waals surface area contributed by atoms with E-state index in [9.17, 15) is 13.2 Å². The normalized spacial score (nSPS) is 16.2. The number of aryl methyl sites for hydroxylation is 1. The van der Waals surface area contributed by atoms with Gasteiger partial charge in [-0.05, 0) is 61.4 Å². The molecule has 29 heavy (non-hydrogen) atoms. The Bertz CT molecular complexity index is 991. The quantitative estimate of drug-likeness (QED) is 0.702. The Morgan fingerprint density at radius 3 is 2.72 bits per heavy atom. The summed E-state index contributed by atoms with van der Waals surface area (Å²) in [5, 5.41) is 3.64. The van der Waals surface area contributed by atoms with E-state index in [2.05, 4.69) is 17.4 Å². The van der Waals surface area contributed by atoms with Gasteiger partial charge in [-0.25, -0.2) is 8.42 Å². The lowest BCUT2D eigenvalue weighted by Gasteiger charge is -2.27. The van der Waals surface area contributed by atoms with E-state index in [0.717, 1.165) is 19.3 Å². The molecule has 0 aromatic heterocycles. The molecule has 1 N–H and O–H groups in total. The third-order valence-electron chi connectivity index (χ3n) is 5.38. The van der Waals surface area contributed by atoms with Gasteiger partial charge in [0.15, 0.2) is 0 Å². The molecule has 0 saturated heterocycles. The number of sulfonamides is 1. The minimum absolute atomic E-state index is 0.0358. The Labute approximate surface area is 178 Å². The van der Waals surface area contributed by atoms with Crippen LogP contribution in [0.3, 0.4) is 0 Å². The minimum atomic E-state index is -3.48. The van der Waals surface area contributed by atoms with Crippen LogP contribution in [-0.4, -0.2) is 27.1 Å². The van der Waals surface area contributed by atoms with Gasteiger partial charge in [-0.2, -0.15) is 0 Å². The van der Waals surface area contributed by atoms with Gasteiger partial charge in [-0.1, -0.05) is 41.9 Å². The largest absolute Gasteiger partial charge is 0.349 e. The van der Waals surface area contributed by atoms with E-state index in [0.29, 0.717) is 22.7 Å². The van der Waals surface area contributed by atoms with Crippen molar-refractivity contribution < 1.29 is 13.2 Å². The van der Waals surface area contributed by atoms with Crippen molar-refractivity contribution in [2.75, 3.05) is 17.1 Å². The predicted octanol–water partition coefficient (Wildman–Crippen LogP) is 4.39. The Balaban J connectivity index is 1.62. The van der Waals surface area contributed by atoms with Crippen LogP contribution in [0.15, 0.2) is 42.5 Å². The van der Waals surface area contributed by atoms with Gasteiger partial charge in [0.05, 0.1) is 18.0 Å². The summed E-state index contributed by atoms with van der Waals surface area (Å²) in [6.45, 7) is 2.03. The van der Waals surface area contributed by atoms with Crippen LogP contribution in [0.4, 0.5) is 5.69 Å². The number of fused-ring (bicyclic) bond motifs is 1. The molecule has 0 heterocycles. The number of amides is 1. The highest BCUT2D eigenvalue weighted by Crippen LogP contribution is 2.30. The molecule has 1 amide bonds. The van der Waals surface area contributed by atoms with Crippen molar-refractivity contribution in [3.63, 3.8) is 0 Å². The maximum atomic E-state index is 12.5. The molecule has 0 fully saturated rings. The number of carbonyl (C=O) groups excluding carboxylic acids is 1. The summed E-state index contributed by atoms with van der Waals surface area (Å²) in [6.07, 6.45) is 4.90. The summed E-state index contributed by atoms with van der Waals surface area (Å²) in [6, 6.07) is 13.5. The van der Waals surface area contributed by atoms with E-state index in [-0.39, 0.29) is 24.9 Å². The van der Waals surface area contributed by atoms with Gasteiger partial charge < -0.3 is 5.32 Å². The molecule has 0 aliphatic heterocycles. The van der Waals surface area contributed by atoms with Gasteiger partial charge in [-0.15, -0.1) is 0 Å². The number of anilines is 1. The molecular formula is C22H27ClN2O3S. The first-order chi connectivity index (χ1) is 13.8. The van der Waals surface area contributed by atoms with E-state index < -0.39 is 10.0 Å². The van der Waals surface area contributed by atoms with Crippen molar-refractivity contribution in [2.24, 2.45) is 0 Å². The predicted molar refractivity (Wildman–Crippen MR) is 118 cm³/mol.